The van der Waals surface area contributed by atoms with Crippen molar-refractivity contribution in [2.45, 2.75) is 32.9 Å². The van der Waals surface area contributed by atoms with Crippen LogP contribution in [-0.2, 0) is 11.3 Å². The lowest BCUT2D eigenvalue weighted by molar-refractivity contribution is -0.114. The van der Waals surface area contributed by atoms with Crippen LogP contribution in [0.2, 0.25) is 0 Å². The second-order valence-electron chi connectivity index (χ2n) is 4.18. The summed E-state index contributed by atoms with van der Waals surface area (Å²) in [6.07, 6.45) is 2.65. The van der Waals surface area contributed by atoms with Gasteiger partial charge in [0.05, 0.1) is 30.2 Å². The molecule has 8 heteroatoms. The van der Waals surface area contributed by atoms with Crippen molar-refractivity contribution in [1.82, 2.24) is 20.0 Å². The second-order valence-corrected chi connectivity index (χ2v) is 5.04. The molecule has 0 aliphatic heterocycles. The lowest BCUT2D eigenvalue weighted by Crippen LogP contribution is -2.08. The number of hydrogen-bond donors (Lipinski definition) is 2. The van der Waals surface area contributed by atoms with E-state index in [4.69, 9.17) is 5.73 Å². The van der Waals surface area contributed by atoms with E-state index in [0.717, 1.165) is 17.8 Å². The van der Waals surface area contributed by atoms with E-state index in [-0.39, 0.29) is 11.9 Å². The highest BCUT2D eigenvalue weighted by atomic mass is 32.1. The minimum absolute atomic E-state index is 0.0841. The Balaban J connectivity index is 2.02. The van der Waals surface area contributed by atoms with Gasteiger partial charge in [-0.15, -0.1) is 16.4 Å². The molecule has 0 saturated carbocycles. The average Bonchev–Trinajstić information content (AvgIpc) is 2.98. The summed E-state index contributed by atoms with van der Waals surface area (Å²) in [4.78, 5) is 15.2. The van der Waals surface area contributed by atoms with Crippen molar-refractivity contribution in [2.75, 3.05) is 5.32 Å². The van der Waals surface area contributed by atoms with Crippen LogP contribution in [0.5, 0.6) is 0 Å². The molecule has 0 saturated heterocycles. The molecule has 0 fully saturated rings. The van der Waals surface area contributed by atoms with Crippen LogP contribution >= 0.6 is 11.3 Å². The molecule has 0 aliphatic carbocycles. The highest BCUT2D eigenvalue weighted by Crippen LogP contribution is 2.16. The number of amides is 1. The Labute approximate surface area is 114 Å². The second kappa shape index (κ2) is 5.89. The van der Waals surface area contributed by atoms with Gasteiger partial charge in [-0.2, -0.15) is 0 Å². The molecular weight excluding hydrogens is 264 g/mol. The van der Waals surface area contributed by atoms with Gasteiger partial charge in [-0.05, 0) is 6.42 Å². The maximum Gasteiger partial charge on any atom is 0.223 e. The van der Waals surface area contributed by atoms with Gasteiger partial charge in [-0.1, -0.05) is 12.1 Å². The minimum atomic E-state index is -0.127. The first-order valence-electron chi connectivity index (χ1n) is 5.96. The van der Waals surface area contributed by atoms with Crippen LogP contribution in [0, 0.1) is 0 Å². The quantitative estimate of drug-likeness (QED) is 0.856. The predicted molar refractivity (Wildman–Crippen MR) is 72.8 cm³/mol. The van der Waals surface area contributed by atoms with E-state index < -0.39 is 0 Å². The van der Waals surface area contributed by atoms with Crippen LogP contribution in [0.3, 0.4) is 0 Å². The maximum absolute atomic E-state index is 10.9. The van der Waals surface area contributed by atoms with Crippen molar-refractivity contribution in [3.8, 4) is 0 Å². The largest absolute Gasteiger partial charge is 0.323 e. The predicted octanol–water partition coefficient (Wildman–Crippen LogP) is 1.15. The third-order valence-corrected chi connectivity index (χ3v) is 3.34. The Hall–Kier alpha value is -1.80. The van der Waals surface area contributed by atoms with Gasteiger partial charge in [-0.25, -0.2) is 9.67 Å². The van der Waals surface area contributed by atoms with Gasteiger partial charge in [0.2, 0.25) is 5.91 Å². The Morgan fingerprint density at radius 1 is 1.63 bits per heavy atom. The standard InChI is InChI=1S/C11H16N6OS/c1-3-9(12)10-5-17(16-15-10)4-8-6-19-11(14-8)13-7(2)18/h5-6,9H,3-4,12H2,1-2H3,(H,13,14,18). The molecule has 1 unspecified atom stereocenters. The number of hydrogen-bond acceptors (Lipinski definition) is 6. The fraction of sp³-hybridized carbons (Fsp3) is 0.455. The Morgan fingerprint density at radius 3 is 3.11 bits per heavy atom. The van der Waals surface area contributed by atoms with Gasteiger partial charge >= 0.3 is 0 Å². The van der Waals surface area contributed by atoms with Crippen LogP contribution in [0.1, 0.15) is 37.7 Å². The number of carbonyl (C=O) groups excluding carboxylic acids is 1. The van der Waals surface area contributed by atoms with E-state index in [1.807, 2.05) is 18.5 Å². The Kier molecular flexibility index (Phi) is 4.23. The molecule has 0 spiro atoms. The molecule has 19 heavy (non-hydrogen) atoms. The molecule has 2 heterocycles. The number of rotatable bonds is 5. The zero-order valence-corrected chi connectivity index (χ0v) is 11.6. The monoisotopic (exact) mass is 280 g/mol. The van der Waals surface area contributed by atoms with Gasteiger partial charge in [0.15, 0.2) is 5.13 Å². The number of nitrogens with zero attached hydrogens (tertiary/aromatic N) is 4. The lowest BCUT2D eigenvalue weighted by atomic mass is 10.2. The van der Waals surface area contributed by atoms with Crippen LogP contribution < -0.4 is 11.1 Å². The number of carbonyl (C=O) groups is 1. The van der Waals surface area contributed by atoms with E-state index in [1.54, 1.807) is 4.68 Å². The van der Waals surface area contributed by atoms with Crippen molar-refractivity contribution in [3.05, 3.63) is 23.0 Å². The highest BCUT2D eigenvalue weighted by Gasteiger charge is 2.10. The Morgan fingerprint density at radius 2 is 2.42 bits per heavy atom. The summed E-state index contributed by atoms with van der Waals surface area (Å²) in [5.41, 5.74) is 7.49. The molecule has 0 bridgehead atoms. The van der Waals surface area contributed by atoms with Crippen molar-refractivity contribution in [3.63, 3.8) is 0 Å². The molecule has 2 aromatic heterocycles. The van der Waals surface area contributed by atoms with Gasteiger partial charge in [-0.3, -0.25) is 4.79 Å². The molecule has 2 aromatic rings. The lowest BCUT2D eigenvalue weighted by Gasteiger charge is -2.01. The number of nitrogens with two attached hydrogens (primary N) is 1. The van der Waals surface area contributed by atoms with Crippen molar-refractivity contribution >= 4 is 22.4 Å². The van der Waals surface area contributed by atoms with Crippen molar-refractivity contribution in [2.24, 2.45) is 5.73 Å². The van der Waals surface area contributed by atoms with Gasteiger partial charge < -0.3 is 11.1 Å². The highest BCUT2D eigenvalue weighted by molar-refractivity contribution is 7.13. The molecular formula is C11H16N6OS. The minimum Gasteiger partial charge on any atom is -0.323 e. The smallest absolute Gasteiger partial charge is 0.223 e. The van der Waals surface area contributed by atoms with E-state index in [2.05, 4.69) is 20.6 Å². The number of anilines is 1. The number of nitrogens with one attached hydrogen (secondary N) is 1. The molecule has 0 aliphatic rings. The molecule has 102 valence electrons. The van der Waals surface area contributed by atoms with Crippen molar-refractivity contribution in [1.29, 1.82) is 0 Å². The average molecular weight is 280 g/mol. The van der Waals surface area contributed by atoms with Crippen LogP contribution in [0.25, 0.3) is 0 Å². The summed E-state index contributed by atoms with van der Waals surface area (Å²) < 4.78 is 1.69. The third kappa shape index (κ3) is 3.58. The molecule has 2 rings (SSSR count). The first kappa shape index (κ1) is 13.6. The topological polar surface area (TPSA) is 98.7 Å². The zero-order valence-electron chi connectivity index (χ0n) is 10.8. The van der Waals surface area contributed by atoms with Gasteiger partial charge in [0.25, 0.3) is 0 Å². The van der Waals surface area contributed by atoms with E-state index in [9.17, 15) is 4.79 Å². The molecule has 1 atom stereocenters. The van der Waals surface area contributed by atoms with E-state index in [1.165, 1.54) is 18.3 Å². The zero-order chi connectivity index (χ0) is 13.8. The fourth-order valence-corrected chi connectivity index (χ4v) is 2.27. The molecule has 3 N–H and O–H groups in total. The fourth-order valence-electron chi connectivity index (χ4n) is 1.52. The summed E-state index contributed by atoms with van der Waals surface area (Å²) in [6, 6.07) is -0.0841. The Bertz CT molecular complexity index is 563. The van der Waals surface area contributed by atoms with Crippen LogP contribution in [0.4, 0.5) is 5.13 Å². The maximum atomic E-state index is 10.9. The molecule has 1 amide bonds. The summed E-state index contributed by atoms with van der Waals surface area (Å²) in [5.74, 6) is -0.127. The van der Waals surface area contributed by atoms with E-state index >= 15 is 0 Å². The first-order valence-corrected chi connectivity index (χ1v) is 6.84. The van der Waals surface area contributed by atoms with Gasteiger partial charge in [0.1, 0.15) is 0 Å². The number of thiazole rings is 1. The van der Waals surface area contributed by atoms with Crippen LogP contribution in [0.15, 0.2) is 11.6 Å². The van der Waals surface area contributed by atoms with E-state index in [0.29, 0.717) is 11.7 Å². The third-order valence-electron chi connectivity index (χ3n) is 2.53. The summed E-state index contributed by atoms with van der Waals surface area (Å²) >= 11 is 1.39. The number of aromatic nitrogens is 4. The summed E-state index contributed by atoms with van der Waals surface area (Å²) in [7, 11) is 0. The molecule has 0 radical (unpaired) electrons. The normalized spacial score (nSPS) is 12.4. The van der Waals surface area contributed by atoms with Gasteiger partial charge in [0, 0.05) is 12.3 Å². The molecule has 0 aromatic carbocycles. The first-order chi connectivity index (χ1) is 9.08. The summed E-state index contributed by atoms with van der Waals surface area (Å²) in [5, 5.41) is 13.2. The SMILES string of the molecule is CCC(N)c1cn(Cc2csc(NC(C)=O)n2)nn1. The van der Waals surface area contributed by atoms with Crippen LogP contribution in [-0.4, -0.2) is 25.9 Å². The summed E-state index contributed by atoms with van der Waals surface area (Å²) in [6.45, 7) is 3.97. The van der Waals surface area contributed by atoms with Crippen molar-refractivity contribution < 1.29 is 4.79 Å². The molecule has 7 nitrogen and oxygen atoms in total.